The summed E-state index contributed by atoms with van der Waals surface area (Å²) >= 11 is 0. The van der Waals surface area contributed by atoms with Crippen LogP contribution in [0.25, 0.3) is 33.0 Å². The lowest BCUT2D eigenvalue weighted by atomic mass is 10.00. The van der Waals surface area contributed by atoms with Crippen LogP contribution in [0.3, 0.4) is 0 Å². The van der Waals surface area contributed by atoms with Crippen molar-refractivity contribution in [3.05, 3.63) is 255 Å². The van der Waals surface area contributed by atoms with Crippen LogP contribution in [0.2, 0.25) is 0 Å². The summed E-state index contributed by atoms with van der Waals surface area (Å²) in [6, 6.07) is 71.6. The lowest BCUT2D eigenvalue weighted by molar-refractivity contribution is 1.47. The topological polar surface area (TPSA) is 64.1 Å². The summed E-state index contributed by atoms with van der Waals surface area (Å²) in [5, 5.41) is 5.58. The second-order valence-corrected chi connectivity index (χ2v) is 12.8. The molecule has 0 unspecified atom stereocenters. The van der Waals surface area contributed by atoms with E-state index in [1.165, 1.54) is 33.2 Å². The Labute approximate surface area is 340 Å². The number of aryl methyl sites for hydroxylation is 1. The molecule has 0 aromatic heterocycles. The van der Waals surface area contributed by atoms with E-state index in [4.69, 9.17) is 11.5 Å². The zero-order valence-corrected chi connectivity index (χ0v) is 33.0. The van der Waals surface area contributed by atoms with Gasteiger partial charge in [-0.25, -0.2) is 0 Å². The van der Waals surface area contributed by atoms with E-state index in [0.29, 0.717) is 0 Å². The highest BCUT2D eigenvalue weighted by molar-refractivity contribution is 5.92. The second kappa shape index (κ2) is 24.9. The summed E-state index contributed by atoms with van der Waals surface area (Å²) in [5.74, 6) is 0. The standard InChI is InChI=1S/C19H16.C12H12N2.C10H9N.C7H10.C6H6/c1-15-7-9-17(10-8-15)19-13-11-18(12-14-19)16-5-3-2-4-6-16;13-11-8-4-5-9-12(11)14-10-6-2-1-3-7-10;11-10-7-3-5-8-4-1-2-6-9(8)10;1-3-5-7-6-4-2;1-2-4-6-5-3-1/h2-14H,1H3;1-9,14H,13H2;1-7H,11H2;3-7H,1H2,2H3;1-6H/b;;;6-4-,7-5-;. The number of para-hydroxylation sites is 3. The Hall–Kier alpha value is -7.36. The molecular formula is C54H53N3. The fourth-order valence-corrected chi connectivity index (χ4v) is 5.41. The number of benzene rings is 8. The first-order valence-corrected chi connectivity index (χ1v) is 19.0. The highest BCUT2D eigenvalue weighted by atomic mass is 14.9. The maximum absolute atomic E-state index is 5.81. The molecule has 0 bridgehead atoms. The number of rotatable bonds is 6. The van der Waals surface area contributed by atoms with Gasteiger partial charge in [0.2, 0.25) is 0 Å². The largest absolute Gasteiger partial charge is 0.398 e. The molecule has 284 valence electrons. The van der Waals surface area contributed by atoms with Crippen LogP contribution in [0.1, 0.15) is 12.5 Å². The number of hydrogen-bond donors (Lipinski definition) is 3. The highest BCUT2D eigenvalue weighted by Gasteiger charge is 2.00. The van der Waals surface area contributed by atoms with Gasteiger partial charge in [0.15, 0.2) is 0 Å². The third kappa shape index (κ3) is 15.5. The van der Waals surface area contributed by atoms with Crippen LogP contribution < -0.4 is 16.8 Å². The first-order valence-electron chi connectivity index (χ1n) is 19.0. The van der Waals surface area contributed by atoms with Gasteiger partial charge in [-0.15, -0.1) is 0 Å². The lowest BCUT2D eigenvalue weighted by Crippen LogP contribution is -1.94. The molecule has 0 aliphatic heterocycles. The first kappa shape index (κ1) is 42.4. The molecule has 0 aliphatic rings. The van der Waals surface area contributed by atoms with Crippen molar-refractivity contribution < 1.29 is 0 Å². The maximum Gasteiger partial charge on any atom is 0.0617 e. The molecule has 3 heteroatoms. The first-order chi connectivity index (χ1) is 28.0. The fraction of sp³-hybridized carbons (Fsp3) is 0.0370. The van der Waals surface area contributed by atoms with Gasteiger partial charge in [-0.1, -0.05) is 225 Å². The van der Waals surface area contributed by atoms with Gasteiger partial charge < -0.3 is 16.8 Å². The molecule has 8 aromatic carbocycles. The van der Waals surface area contributed by atoms with Crippen molar-refractivity contribution in [2.45, 2.75) is 13.8 Å². The minimum Gasteiger partial charge on any atom is -0.398 e. The maximum atomic E-state index is 5.81. The monoisotopic (exact) mass is 743 g/mol. The molecule has 8 aromatic rings. The van der Waals surface area contributed by atoms with Crippen molar-refractivity contribution in [3.63, 3.8) is 0 Å². The van der Waals surface area contributed by atoms with Gasteiger partial charge in [-0.3, -0.25) is 0 Å². The van der Waals surface area contributed by atoms with E-state index in [2.05, 4.69) is 104 Å². The molecule has 0 aliphatic carbocycles. The Kier molecular flexibility index (Phi) is 18.5. The van der Waals surface area contributed by atoms with Crippen molar-refractivity contribution in [2.75, 3.05) is 16.8 Å². The third-order valence-corrected chi connectivity index (χ3v) is 8.43. The molecule has 0 spiro atoms. The summed E-state index contributed by atoms with van der Waals surface area (Å²) in [4.78, 5) is 0. The highest BCUT2D eigenvalue weighted by Crippen LogP contribution is 2.25. The molecule has 0 saturated heterocycles. The van der Waals surface area contributed by atoms with Gasteiger partial charge in [0.25, 0.3) is 0 Å². The molecule has 0 heterocycles. The Bertz CT molecular complexity index is 2310. The average Bonchev–Trinajstić information content (AvgIpc) is 3.27. The Morgan fingerprint density at radius 3 is 1.40 bits per heavy atom. The Balaban J connectivity index is 0.000000168. The minimum atomic E-state index is 0.761. The molecule has 0 radical (unpaired) electrons. The van der Waals surface area contributed by atoms with Crippen molar-refractivity contribution in [1.29, 1.82) is 0 Å². The Morgan fingerprint density at radius 1 is 0.421 bits per heavy atom. The van der Waals surface area contributed by atoms with Crippen LogP contribution in [0.5, 0.6) is 0 Å². The van der Waals surface area contributed by atoms with Crippen LogP contribution in [0.4, 0.5) is 22.7 Å². The average molecular weight is 744 g/mol. The van der Waals surface area contributed by atoms with Gasteiger partial charge in [0, 0.05) is 16.8 Å². The molecule has 0 amide bonds. The quantitative estimate of drug-likeness (QED) is 0.117. The van der Waals surface area contributed by atoms with Crippen LogP contribution in [-0.4, -0.2) is 0 Å². The molecule has 57 heavy (non-hydrogen) atoms. The van der Waals surface area contributed by atoms with Crippen molar-refractivity contribution >= 4 is 33.5 Å². The van der Waals surface area contributed by atoms with Crippen molar-refractivity contribution in [1.82, 2.24) is 0 Å². The smallest absolute Gasteiger partial charge is 0.0617 e. The zero-order valence-electron chi connectivity index (χ0n) is 33.0. The number of hydrogen-bond acceptors (Lipinski definition) is 3. The van der Waals surface area contributed by atoms with Gasteiger partial charge in [-0.05, 0) is 71.8 Å². The number of nitrogens with one attached hydrogen (secondary N) is 1. The number of nitrogen functional groups attached to an aromatic ring is 2. The van der Waals surface area contributed by atoms with Gasteiger partial charge in [0.05, 0.1) is 11.4 Å². The summed E-state index contributed by atoms with van der Waals surface area (Å²) < 4.78 is 0. The molecule has 0 fully saturated rings. The normalized spacial score (nSPS) is 10.0. The third-order valence-electron chi connectivity index (χ3n) is 8.43. The van der Waals surface area contributed by atoms with Crippen molar-refractivity contribution in [3.8, 4) is 22.3 Å². The summed E-state index contributed by atoms with van der Waals surface area (Å²) in [5.41, 5.74) is 21.5. The summed E-state index contributed by atoms with van der Waals surface area (Å²) in [6.07, 6.45) is 9.51. The number of fused-ring (bicyclic) bond motifs is 1. The van der Waals surface area contributed by atoms with Gasteiger partial charge in [0.1, 0.15) is 0 Å². The predicted octanol–water partition coefficient (Wildman–Crippen LogP) is 14.8. The molecule has 3 nitrogen and oxygen atoms in total. The van der Waals surface area contributed by atoms with Gasteiger partial charge >= 0.3 is 0 Å². The zero-order chi connectivity index (χ0) is 40.3. The molecule has 8 rings (SSSR count). The van der Waals surface area contributed by atoms with Crippen LogP contribution in [0.15, 0.2) is 249 Å². The number of nitrogens with two attached hydrogens (primary N) is 2. The van der Waals surface area contributed by atoms with E-state index in [-0.39, 0.29) is 0 Å². The predicted molar refractivity (Wildman–Crippen MR) is 252 cm³/mol. The molecule has 0 saturated carbocycles. The van der Waals surface area contributed by atoms with E-state index in [9.17, 15) is 0 Å². The second-order valence-electron chi connectivity index (χ2n) is 12.8. The molecule has 0 atom stereocenters. The fourth-order valence-electron chi connectivity index (χ4n) is 5.41. The van der Waals surface area contributed by atoms with E-state index in [1.54, 1.807) is 6.08 Å². The van der Waals surface area contributed by atoms with Crippen LogP contribution >= 0.6 is 0 Å². The summed E-state index contributed by atoms with van der Waals surface area (Å²) in [7, 11) is 0. The van der Waals surface area contributed by atoms with E-state index < -0.39 is 0 Å². The van der Waals surface area contributed by atoms with E-state index in [0.717, 1.165) is 28.1 Å². The molecule has 5 N–H and O–H groups in total. The molecular weight excluding hydrogens is 691 g/mol. The van der Waals surface area contributed by atoms with Crippen LogP contribution in [-0.2, 0) is 0 Å². The van der Waals surface area contributed by atoms with E-state index >= 15 is 0 Å². The summed E-state index contributed by atoms with van der Waals surface area (Å²) in [6.45, 7) is 7.60. The van der Waals surface area contributed by atoms with E-state index in [1.807, 2.05) is 159 Å². The van der Waals surface area contributed by atoms with Crippen LogP contribution in [0, 0.1) is 6.92 Å². The van der Waals surface area contributed by atoms with Crippen molar-refractivity contribution in [2.24, 2.45) is 0 Å². The minimum absolute atomic E-state index is 0.761. The number of anilines is 4. The lowest BCUT2D eigenvalue weighted by Gasteiger charge is -2.08. The SMILES string of the molecule is C=C/C=C\C=C/C.Cc1ccc(-c2ccc(-c3ccccc3)cc2)cc1.Nc1cccc2ccccc12.Nc1ccccc1Nc1ccccc1.c1ccccc1. The number of allylic oxidation sites excluding steroid dienone is 5. The van der Waals surface area contributed by atoms with Gasteiger partial charge in [-0.2, -0.15) is 0 Å². The Morgan fingerprint density at radius 2 is 0.860 bits per heavy atom.